The molecule has 7 heteroatoms. The summed E-state index contributed by atoms with van der Waals surface area (Å²) in [6.07, 6.45) is 1.59. The van der Waals surface area contributed by atoms with Crippen LogP contribution < -0.4 is 16.0 Å². The van der Waals surface area contributed by atoms with Crippen molar-refractivity contribution in [1.29, 1.82) is 0 Å². The molecule has 7 nitrogen and oxygen atoms in total. The Hall–Kier alpha value is -1.79. The van der Waals surface area contributed by atoms with Crippen molar-refractivity contribution >= 4 is 17.9 Å². The Morgan fingerprint density at radius 1 is 1.05 bits per heavy atom. The highest BCUT2D eigenvalue weighted by Crippen LogP contribution is 2.10. The molecule has 0 heterocycles. The number of nitrogens with one attached hydrogen (secondary N) is 3. The summed E-state index contributed by atoms with van der Waals surface area (Å²) in [5, 5.41) is 16.8. The van der Waals surface area contributed by atoms with Crippen molar-refractivity contribution in [3.8, 4) is 0 Å². The van der Waals surface area contributed by atoms with Crippen LogP contribution in [0.4, 0.5) is 4.79 Å². The van der Waals surface area contributed by atoms with Crippen LogP contribution in [0.1, 0.15) is 40.0 Å². The first-order valence-electron chi connectivity index (χ1n) is 7.38. The highest BCUT2D eigenvalue weighted by Gasteiger charge is 2.19. The number of aliphatic carboxylic acids is 1. The summed E-state index contributed by atoms with van der Waals surface area (Å²) in [7, 11) is 0. The first-order chi connectivity index (χ1) is 9.86. The van der Waals surface area contributed by atoms with Gasteiger partial charge < -0.3 is 21.1 Å². The average molecular weight is 301 g/mol. The molecule has 21 heavy (non-hydrogen) atoms. The van der Waals surface area contributed by atoms with Crippen LogP contribution in [0.3, 0.4) is 0 Å². The number of carboxylic acids is 1. The molecule has 0 spiro atoms. The summed E-state index contributed by atoms with van der Waals surface area (Å²) in [6.45, 7) is 6.77. The van der Waals surface area contributed by atoms with Crippen molar-refractivity contribution in [2.45, 2.75) is 40.0 Å². The predicted molar refractivity (Wildman–Crippen MR) is 79.9 cm³/mol. The van der Waals surface area contributed by atoms with E-state index in [1.165, 1.54) is 0 Å². The average Bonchev–Trinajstić information content (AvgIpc) is 2.40. The van der Waals surface area contributed by atoms with Crippen molar-refractivity contribution in [2.75, 3.05) is 19.6 Å². The minimum atomic E-state index is -0.914. The molecule has 0 bridgehead atoms. The maximum atomic E-state index is 11.5. The number of hydrogen-bond acceptors (Lipinski definition) is 3. The summed E-state index contributed by atoms with van der Waals surface area (Å²) >= 11 is 0. The molecule has 0 radical (unpaired) electrons. The van der Waals surface area contributed by atoms with Crippen LogP contribution in [0.15, 0.2) is 0 Å². The van der Waals surface area contributed by atoms with Gasteiger partial charge in [0.15, 0.2) is 0 Å². The van der Waals surface area contributed by atoms with Crippen LogP contribution in [0.5, 0.6) is 0 Å². The second kappa shape index (κ2) is 10.9. The first kappa shape index (κ1) is 19.2. The van der Waals surface area contributed by atoms with E-state index in [0.717, 1.165) is 6.42 Å². The van der Waals surface area contributed by atoms with Gasteiger partial charge in [0, 0.05) is 26.1 Å². The maximum Gasteiger partial charge on any atom is 0.314 e. The van der Waals surface area contributed by atoms with E-state index in [9.17, 15) is 14.4 Å². The number of rotatable bonds is 10. The minimum Gasteiger partial charge on any atom is -0.481 e. The lowest BCUT2D eigenvalue weighted by Crippen LogP contribution is -2.41. The van der Waals surface area contributed by atoms with Gasteiger partial charge in [-0.05, 0) is 18.8 Å². The van der Waals surface area contributed by atoms with Gasteiger partial charge in [0.2, 0.25) is 5.91 Å². The van der Waals surface area contributed by atoms with E-state index < -0.39 is 17.9 Å². The zero-order valence-corrected chi connectivity index (χ0v) is 13.1. The van der Waals surface area contributed by atoms with Gasteiger partial charge in [0.05, 0.1) is 5.92 Å². The van der Waals surface area contributed by atoms with E-state index in [-0.39, 0.29) is 31.3 Å². The second-order valence-corrected chi connectivity index (χ2v) is 5.40. The van der Waals surface area contributed by atoms with E-state index in [0.29, 0.717) is 13.0 Å². The van der Waals surface area contributed by atoms with E-state index in [1.807, 2.05) is 20.8 Å². The van der Waals surface area contributed by atoms with E-state index in [4.69, 9.17) is 5.11 Å². The smallest absolute Gasteiger partial charge is 0.314 e. The fourth-order valence-electron chi connectivity index (χ4n) is 1.76. The Balaban J connectivity index is 3.87. The molecule has 0 saturated heterocycles. The van der Waals surface area contributed by atoms with Gasteiger partial charge in [-0.25, -0.2) is 4.79 Å². The molecule has 1 unspecified atom stereocenters. The topological polar surface area (TPSA) is 108 Å². The van der Waals surface area contributed by atoms with Gasteiger partial charge in [-0.15, -0.1) is 0 Å². The van der Waals surface area contributed by atoms with Gasteiger partial charge in [0.25, 0.3) is 0 Å². The van der Waals surface area contributed by atoms with E-state index in [1.54, 1.807) is 0 Å². The van der Waals surface area contributed by atoms with Gasteiger partial charge in [0.1, 0.15) is 0 Å². The third-order valence-corrected chi connectivity index (χ3v) is 2.82. The molecule has 0 aromatic carbocycles. The van der Waals surface area contributed by atoms with Crippen LogP contribution >= 0.6 is 0 Å². The number of carbonyl (C=O) groups excluding carboxylic acids is 2. The van der Waals surface area contributed by atoms with Gasteiger partial charge in [-0.1, -0.05) is 20.8 Å². The molecule has 4 N–H and O–H groups in total. The van der Waals surface area contributed by atoms with Crippen molar-refractivity contribution < 1.29 is 19.5 Å². The van der Waals surface area contributed by atoms with Gasteiger partial charge in [-0.2, -0.15) is 0 Å². The molecule has 0 aliphatic carbocycles. The fraction of sp³-hybridized carbons (Fsp3) is 0.786. The Morgan fingerprint density at radius 2 is 1.71 bits per heavy atom. The molecule has 1 atom stereocenters. The Labute approximate surface area is 125 Å². The third kappa shape index (κ3) is 10.6. The molecule has 0 saturated carbocycles. The van der Waals surface area contributed by atoms with Crippen LogP contribution in [0.25, 0.3) is 0 Å². The summed E-state index contributed by atoms with van der Waals surface area (Å²) in [4.78, 5) is 33.8. The lowest BCUT2D eigenvalue weighted by molar-refractivity contribution is -0.142. The van der Waals surface area contributed by atoms with Gasteiger partial charge >= 0.3 is 12.0 Å². The molecule has 0 aromatic rings. The number of urea groups is 1. The first-order valence-corrected chi connectivity index (χ1v) is 7.38. The quantitative estimate of drug-likeness (QED) is 0.482. The Morgan fingerprint density at radius 3 is 2.24 bits per heavy atom. The van der Waals surface area contributed by atoms with Crippen LogP contribution in [0.2, 0.25) is 0 Å². The van der Waals surface area contributed by atoms with Crippen LogP contribution in [0, 0.1) is 11.8 Å². The molecule has 0 rings (SSSR count). The molecule has 3 amide bonds. The van der Waals surface area contributed by atoms with Crippen LogP contribution in [-0.2, 0) is 9.59 Å². The zero-order chi connectivity index (χ0) is 16.3. The monoisotopic (exact) mass is 301 g/mol. The lowest BCUT2D eigenvalue weighted by atomic mass is 9.97. The molecule has 0 fully saturated rings. The molecular weight excluding hydrogens is 274 g/mol. The highest BCUT2D eigenvalue weighted by atomic mass is 16.4. The van der Waals surface area contributed by atoms with Crippen LogP contribution in [-0.4, -0.2) is 42.6 Å². The van der Waals surface area contributed by atoms with Crippen molar-refractivity contribution in [1.82, 2.24) is 16.0 Å². The summed E-state index contributed by atoms with van der Waals surface area (Å²) in [5.41, 5.74) is 0. The van der Waals surface area contributed by atoms with Crippen molar-refractivity contribution in [3.05, 3.63) is 0 Å². The summed E-state index contributed by atoms with van der Waals surface area (Å²) in [5.74, 6) is -1.37. The number of hydrogen-bond donors (Lipinski definition) is 4. The molecule has 0 aromatic heterocycles. The third-order valence-electron chi connectivity index (χ3n) is 2.82. The highest BCUT2D eigenvalue weighted by molar-refractivity contribution is 5.78. The molecular formula is C14H27N3O4. The summed E-state index contributed by atoms with van der Waals surface area (Å²) < 4.78 is 0. The Bertz CT molecular complexity index is 345. The molecule has 0 aliphatic rings. The second-order valence-electron chi connectivity index (χ2n) is 5.40. The summed E-state index contributed by atoms with van der Waals surface area (Å²) in [6, 6.07) is -0.451. The van der Waals surface area contributed by atoms with Gasteiger partial charge in [-0.3, -0.25) is 9.59 Å². The maximum absolute atomic E-state index is 11.5. The number of carboxylic acid groups (broad SMARTS) is 1. The zero-order valence-electron chi connectivity index (χ0n) is 13.1. The molecule has 122 valence electrons. The number of amides is 3. The van der Waals surface area contributed by atoms with Crippen molar-refractivity contribution in [3.63, 3.8) is 0 Å². The normalized spacial score (nSPS) is 11.8. The standard InChI is InChI=1S/C14H27N3O4/c1-4-6-15-12(18)5-7-16-14(21)17-9-11(13(19)20)8-10(2)3/h10-11H,4-9H2,1-3H3,(H,15,18)(H,19,20)(H2,16,17,21). The number of carbonyl (C=O) groups is 3. The largest absolute Gasteiger partial charge is 0.481 e. The SMILES string of the molecule is CCCNC(=O)CCNC(=O)NCC(CC(C)C)C(=O)O. The molecule has 0 aliphatic heterocycles. The van der Waals surface area contributed by atoms with Crippen molar-refractivity contribution in [2.24, 2.45) is 11.8 Å². The lowest BCUT2D eigenvalue weighted by Gasteiger charge is -2.15. The minimum absolute atomic E-state index is 0.0847. The van der Waals surface area contributed by atoms with E-state index >= 15 is 0 Å². The predicted octanol–water partition coefficient (Wildman–Crippen LogP) is 0.949. The van der Waals surface area contributed by atoms with E-state index in [2.05, 4.69) is 16.0 Å². The Kier molecular flexibility index (Phi) is 10.0. The fourth-order valence-corrected chi connectivity index (χ4v) is 1.76.